The number of benzene rings is 1. The van der Waals surface area contributed by atoms with E-state index in [2.05, 4.69) is 30.2 Å². The van der Waals surface area contributed by atoms with E-state index in [4.69, 9.17) is 13.9 Å². The summed E-state index contributed by atoms with van der Waals surface area (Å²) in [5.74, 6) is 2.85. The van der Waals surface area contributed by atoms with Crippen molar-refractivity contribution in [1.82, 2.24) is 10.2 Å². The summed E-state index contributed by atoms with van der Waals surface area (Å²) >= 11 is 1.59. The number of hydrogen-bond acceptors (Lipinski definition) is 6. The van der Waals surface area contributed by atoms with E-state index in [1.807, 2.05) is 29.6 Å². The molecule has 1 aromatic carbocycles. The molecular weight excluding hydrogens is 326 g/mol. The molecule has 4 rings (SSSR count). The lowest BCUT2D eigenvalue weighted by atomic mass is 10.1. The summed E-state index contributed by atoms with van der Waals surface area (Å²) in [6, 6.07) is 10.1. The van der Waals surface area contributed by atoms with Gasteiger partial charge in [-0.1, -0.05) is 6.07 Å². The van der Waals surface area contributed by atoms with E-state index in [1.54, 1.807) is 11.3 Å². The first-order chi connectivity index (χ1) is 11.7. The maximum absolute atomic E-state index is 5.85. The predicted molar refractivity (Wildman–Crippen MR) is 89.2 cm³/mol. The SMILES string of the molecule is C[C@H](c1nnc(-c2cccs2)o1)[NH+](C)Cc1ccc2c(c1)OCO2. The van der Waals surface area contributed by atoms with E-state index in [0.717, 1.165) is 22.9 Å². The molecule has 1 N–H and O–H groups in total. The summed E-state index contributed by atoms with van der Waals surface area (Å²) in [5.41, 5.74) is 1.18. The Morgan fingerprint density at radius 3 is 2.92 bits per heavy atom. The molecule has 2 atom stereocenters. The van der Waals surface area contributed by atoms with Crippen LogP contribution in [0.4, 0.5) is 0 Å². The van der Waals surface area contributed by atoms with Crippen molar-refractivity contribution in [3.63, 3.8) is 0 Å². The van der Waals surface area contributed by atoms with Crippen LogP contribution in [0, 0.1) is 0 Å². The molecular formula is C17H18N3O3S+. The van der Waals surface area contributed by atoms with Crippen molar-refractivity contribution in [1.29, 1.82) is 0 Å². The highest BCUT2D eigenvalue weighted by Gasteiger charge is 2.23. The minimum atomic E-state index is 0.0941. The van der Waals surface area contributed by atoms with E-state index >= 15 is 0 Å². The molecule has 3 aromatic rings. The Balaban J connectivity index is 1.47. The van der Waals surface area contributed by atoms with Gasteiger partial charge in [0.15, 0.2) is 17.5 Å². The number of quaternary nitrogens is 1. The molecule has 1 unspecified atom stereocenters. The van der Waals surface area contributed by atoms with Gasteiger partial charge in [0.05, 0.1) is 11.9 Å². The summed E-state index contributed by atoms with van der Waals surface area (Å²) in [6.45, 7) is 3.22. The molecule has 0 spiro atoms. The fourth-order valence-electron chi connectivity index (χ4n) is 2.65. The number of aromatic nitrogens is 2. The normalized spacial score (nSPS) is 15.4. The second kappa shape index (κ2) is 6.26. The van der Waals surface area contributed by atoms with Crippen LogP contribution in [0.5, 0.6) is 11.5 Å². The Kier molecular flexibility index (Phi) is 3.95. The zero-order valence-electron chi connectivity index (χ0n) is 13.5. The molecule has 1 aliphatic rings. The zero-order chi connectivity index (χ0) is 16.5. The van der Waals surface area contributed by atoms with Gasteiger partial charge in [-0.3, -0.25) is 0 Å². The first kappa shape index (κ1) is 15.2. The number of fused-ring (bicyclic) bond motifs is 1. The van der Waals surface area contributed by atoms with Gasteiger partial charge in [0.25, 0.3) is 11.8 Å². The molecule has 124 valence electrons. The zero-order valence-corrected chi connectivity index (χ0v) is 14.3. The van der Waals surface area contributed by atoms with Crippen molar-refractivity contribution >= 4 is 11.3 Å². The van der Waals surface area contributed by atoms with Crippen LogP contribution in [-0.2, 0) is 6.54 Å². The predicted octanol–water partition coefficient (Wildman–Crippen LogP) is 2.30. The largest absolute Gasteiger partial charge is 0.454 e. The van der Waals surface area contributed by atoms with E-state index in [1.165, 1.54) is 10.5 Å². The molecule has 0 fully saturated rings. The third-order valence-corrected chi connectivity index (χ3v) is 5.06. The fourth-order valence-corrected chi connectivity index (χ4v) is 3.29. The summed E-state index contributed by atoms with van der Waals surface area (Å²) in [5, 5.41) is 10.4. The average molecular weight is 344 g/mol. The molecule has 0 bridgehead atoms. The van der Waals surface area contributed by atoms with E-state index in [0.29, 0.717) is 18.6 Å². The first-order valence-electron chi connectivity index (χ1n) is 7.79. The molecule has 3 heterocycles. The highest BCUT2D eigenvalue weighted by atomic mass is 32.1. The molecule has 0 saturated heterocycles. The number of rotatable bonds is 5. The minimum absolute atomic E-state index is 0.0941. The van der Waals surface area contributed by atoms with Crippen molar-refractivity contribution in [2.45, 2.75) is 19.5 Å². The maximum atomic E-state index is 5.85. The van der Waals surface area contributed by atoms with Crippen molar-refractivity contribution in [3.05, 3.63) is 47.2 Å². The van der Waals surface area contributed by atoms with Gasteiger partial charge < -0.3 is 18.8 Å². The van der Waals surface area contributed by atoms with E-state index < -0.39 is 0 Å². The van der Waals surface area contributed by atoms with Crippen molar-refractivity contribution in [2.75, 3.05) is 13.8 Å². The van der Waals surface area contributed by atoms with Crippen LogP contribution in [-0.4, -0.2) is 24.0 Å². The fraction of sp³-hybridized carbons (Fsp3) is 0.294. The lowest BCUT2D eigenvalue weighted by Gasteiger charge is -2.19. The molecule has 0 radical (unpaired) electrons. The molecule has 2 aromatic heterocycles. The first-order valence-corrected chi connectivity index (χ1v) is 8.67. The molecule has 1 aliphatic heterocycles. The number of hydrogen-bond donors (Lipinski definition) is 1. The Morgan fingerprint density at radius 2 is 2.08 bits per heavy atom. The summed E-state index contributed by atoms with van der Waals surface area (Å²) in [4.78, 5) is 2.25. The van der Waals surface area contributed by atoms with Crippen LogP contribution in [0.15, 0.2) is 40.1 Å². The van der Waals surface area contributed by atoms with Crippen LogP contribution in [0.1, 0.15) is 24.4 Å². The number of nitrogens with one attached hydrogen (secondary N) is 1. The van der Waals surface area contributed by atoms with Crippen LogP contribution < -0.4 is 14.4 Å². The Bertz CT molecular complexity index is 831. The monoisotopic (exact) mass is 344 g/mol. The quantitative estimate of drug-likeness (QED) is 0.769. The van der Waals surface area contributed by atoms with Gasteiger partial charge in [0.1, 0.15) is 6.54 Å². The highest BCUT2D eigenvalue weighted by molar-refractivity contribution is 7.13. The lowest BCUT2D eigenvalue weighted by molar-refractivity contribution is -0.925. The van der Waals surface area contributed by atoms with Crippen molar-refractivity contribution in [3.8, 4) is 22.3 Å². The number of thiophene rings is 1. The standard InChI is InChI=1S/C17H17N3O3S/c1-11(16-18-19-17(23-16)15-4-3-7-24-15)20(2)9-12-5-6-13-14(8-12)22-10-21-13/h3-8,11H,9-10H2,1-2H3/p+1/t11-/m1/s1. The van der Waals surface area contributed by atoms with Crippen LogP contribution in [0.25, 0.3) is 10.8 Å². The van der Waals surface area contributed by atoms with Crippen LogP contribution in [0.3, 0.4) is 0 Å². The topological polar surface area (TPSA) is 61.8 Å². The maximum Gasteiger partial charge on any atom is 0.274 e. The van der Waals surface area contributed by atoms with E-state index in [9.17, 15) is 0 Å². The van der Waals surface area contributed by atoms with Gasteiger partial charge >= 0.3 is 0 Å². The summed E-state index contributed by atoms with van der Waals surface area (Å²) in [7, 11) is 2.12. The summed E-state index contributed by atoms with van der Waals surface area (Å²) < 4.78 is 16.6. The van der Waals surface area contributed by atoms with Gasteiger partial charge in [-0.05, 0) is 36.6 Å². The minimum Gasteiger partial charge on any atom is -0.454 e. The highest BCUT2D eigenvalue weighted by Crippen LogP contribution is 2.32. The smallest absolute Gasteiger partial charge is 0.274 e. The average Bonchev–Trinajstić information content (AvgIpc) is 3.32. The summed E-state index contributed by atoms with van der Waals surface area (Å²) in [6.07, 6.45) is 0. The third-order valence-electron chi connectivity index (χ3n) is 4.20. The van der Waals surface area contributed by atoms with Crippen LogP contribution >= 0.6 is 11.3 Å². The van der Waals surface area contributed by atoms with Gasteiger partial charge in [-0.2, -0.15) is 0 Å². The number of nitrogens with zero attached hydrogens (tertiary/aromatic N) is 2. The molecule has 0 saturated carbocycles. The van der Waals surface area contributed by atoms with Crippen molar-refractivity contribution < 1.29 is 18.8 Å². The van der Waals surface area contributed by atoms with Crippen LogP contribution in [0.2, 0.25) is 0 Å². The Labute approximate surface area is 143 Å². The van der Waals surface area contributed by atoms with Crippen molar-refractivity contribution in [2.24, 2.45) is 0 Å². The second-order valence-electron chi connectivity index (χ2n) is 5.86. The van der Waals surface area contributed by atoms with E-state index in [-0.39, 0.29) is 6.04 Å². The molecule has 24 heavy (non-hydrogen) atoms. The number of ether oxygens (including phenoxy) is 2. The van der Waals surface area contributed by atoms with Gasteiger partial charge in [-0.15, -0.1) is 21.5 Å². The van der Waals surface area contributed by atoms with Gasteiger partial charge in [0.2, 0.25) is 6.79 Å². The van der Waals surface area contributed by atoms with Gasteiger partial charge in [0, 0.05) is 5.56 Å². The molecule has 0 amide bonds. The molecule has 0 aliphatic carbocycles. The van der Waals surface area contributed by atoms with Gasteiger partial charge in [-0.25, -0.2) is 0 Å². The molecule has 7 heteroatoms. The lowest BCUT2D eigenvalue weighted by Crippen LogP contribution is -3.07. The second-order valence-corrected chi connectivity index (χ2v) is 6.80. The molecule has 6 nitrogen and oxygen atoms in total. The Morgan fingerprint density at radius 1 is 1.21 bits per heavy atom. The third kappa shape index (κ3) is 2.88. The Hall–Kier alpha value is -2.38.